The van der Waals surface area contributed by atoms with Gasteiger partial charge in [-0.1, -0.05) is 12.1 Å². The quantitative estimate of drug-likeness (QED) is 0.294. The summed E-state index contributed by atoms with van der Waals surface area (Å²) in [6.07, 6.45) is 6.15. The molecule has 0 fully saturated rings. The third kappa shape index (κ3) is 3.34. The average Bonchev–Trinajstić information content (AvgIpc) is 3.31. The molecule has 0 saturated heterocycles. The van der Waals surface area contributed by atoms with Crippen LogP contribution < -0.4 is 4.74 Å². The molecule has 0 N–H and O–H groups in total. The Morgan fingerprint density at radius 1 is 0.875 bits per heavy atom. The number of nitrogens with zero attached hydrogens (tertiary/aromatic N) is 4. The fourth-order valence-electron chi connectivity index (χ4n) is 4.85. The van der Waals surface area contributed by atoms with Gasteiger partial charge in [-0.05, 0) is 40.5 Å². The van der Waals surface area contributed by atoms with Gasteiger partial charge in [0, 0.05) is 47.4 Å². The van der Waals surface area contributed by atoms with Crippen molar-refractivity contribution in [3.8, 4) is 34.3 Å². The number of imidazole rings is 2. The van der Waals surface area contributed by atoms with E-state index in [2.05, 4.69) is 59.6 Å². The number of aryl methyl sites for hydroxylation is 4. The van der Waals surface area contributed by atoms with Crippen molar-refractivity contribution >= 4 is 0 Å². The molecule has 0 aliphatic carbocycles. The minimum absolute atomic E-state index is 0. The Hall–Kier alpha value is -2.65. The van der Waals surface area contributed by atoms with Crippen LogP contribution in [0.1, 0.15) is 36.4 Å². The largest absolute Gasteiger partial charge is 2.00 e. The molecule has 2 aromatic heterocycles. The second kappa shape index (κ2) is 7.45. The number of benzene rings is 2. The van der Waals surface area contributed by atoms with E-state index in [1.54, 1.807) is 0 Å². The van der Waals surface area contributed by atoms with Gasteiger partial charge in [0.15, 0.2) is 0 Å². The Morgan fingerprint density at radius 3 is 2.25 bits per heavy atom. The van der Waals surface area contributed by atoms with E-state index in [0.717, 1.165) is 53.5 Å². The molecule has 164 valence electrons. The Labute approximate surface area is 202 Å². The van der Waals surface area contributed by atoms with Crippen LogP contribution >= 0.6 is 0 Å². The van der Waals surface area contributed by atoms with Gasteiger partial charge in [-0.25, -0.2) is 0 Å². The molecule has 0 spiro atoms. The predicted octanol–water partition coefficient (Wildman–Crippen LogP) is 5.27. The minimum Gasteiger partial charge on any atom is -0.497 e. The van der Waals surface area contributed by atoms with Gasteiger partial charge in [0.2, 0.25) is 0 Å². The molecular formula is C26H24N4OPt. The summed E-state index contributed by atoms with van der Waals surface area (Å²) in [5.41, 5.74) is 6.61. The van der Waals surface area contributed by atoms with Gasteiger partial charge in [0.1, 0.15) is 0 Å². The average molecular weight is 604 g/mol. The molecule has 0 bridgehead atoms. The van der Waals surface area contributed by atoms with E-state index in [-0.39, 0.29) is 26.6 Å². The van der Waals surface area contributed by atoms with Crippen LogP contribution in [0.3, 0.4) is 0 Å². The zero-order chi connectivity index (χ0) is 21.3. The molecule has 6 rings (SSSR count). The number of aromatic nitrogens is 4. The molecule has 4 aromatic rings. The van der Waals surface area contributed by atoms with Crippen LogP contribution in [0.15, 0.2) is 36.7 Å². The molecule has 2 aliphatic rings. The van der Waals surface area contributed by atoms with Gasteiger partial charge in [-0.3, -0.25) is 9.97 Å². The number of fused-ring (bicyclic) bond motifs is 6. The van der Waals surface area contributed by atoms with Gasteiger partial charge >= 0.3 is 21.1 Å². The maximum atomic E-state index is 6.22. The van der Waals surface area contributed by atoms with Crippen molar-refractivity contribution < 1.29 is 25.8 Å². The van der Waals surface area contributed by atoms with Gasteiger partial charge in [-0.2, -0.15) is 0 Å². The number of rotatable bonds is 2. The molecule has 32 heavy (non-hydrogen) atoms. The summed E-state index contributed by atoms with van der Waals surface area (Å²) >= 11 is 0. The van der Waals surface area contributed by atoms with Crippen LogP contribution in [0.2, 0.25) is 0 Å². The Morgan fingerprint density at radius 2 is 1.50 bits per heavy atom. The fourth-order valence-corrected chi connectivity index (χ4v) is 4.85. The number of hydrogen-bond donors (Lipinski definition) is 0. The summed E-state index contributed by atoms with van der Waals surface area (Å²) in [5, 5.41) is 0. The van der Waals surface area contributed by atoms with E-state index in [0.29, 0.717) is 11.5 Å². The van der Waals surface area contributed by atoms with Crippen molar-refractivity contribution in [2.75, 3.05) is 0 Å². The van der Waals surface area contributed by atoms with Crippen molar-refractivity contribution in [3.05, 3.63) is 71.3 Å². The molecule has 4 heterocycles. The Bertz CT molecular complexity index is 1350. The van der Waals surface area contributed by atoms with E-state index in [4.69, 9.17) is 14.7 Å². The third-order valence-electron chi connectivity index (χ3n) is 6.30. The normalized spacial score (nSPS) is 15.1. The molecule has 0 radical (unpaired) electrons. The molecule has 2 aromatic carbocycles. The molecule has 0 saturated carbocycles. The van der Waals surface area contributed by atoms with Crippen molar-refractivity contribution in [1.29, 1.82) is 0 Å². The summed E-state index contributed by atoms with van der Waals surface area (Å²) in [7, 11) is 0. The van der Waals surface area contributed by atoms with Crippen molar-refractivity contribution in [1.82, 2.24) is 19.1 Å². The zero-order valence-corrected chi connectivity index (χ0v) is 20.9. The minimum atomic E-state index is -0.00781. The van der Waals surface area contributed by atoms with E-state index < -0.39 is 0 Å². The third-order valence-corrected chi connectivity index (χ3v) is 6.30. The number of hydrogen-bond acceptors (Lipinski definition) is 3. The predicted molar refractivity (Wildman–Crippen MR) is 119 cm³/mol. The summed E-state index contributed by atoms with van der Waals surface area (Å²) < 4.78 is 10.7. The Balaban J connectivity index is 0.00000216. The molecular weight excluding hydrogens is 579 g/mol. The topological polar surface area (TPSA) is 44.9 Å². The van der Waals surface area contributed by atoms with Crippen LogP contribution in [0, 0.1) is 26.0 Å². The van der Waals surface area contributed by atoms with Gasteiger partial charge in [0.05, 0.1) is 11.6 Å². The standard InChI is InChI=1S/C26H24N4O.Pt/c1-16-14-29-10-9-18-5-7-20(11-22(18)24(29)27-16)31-21-8-6-19-13-26(3,4)30-15-17(2)28-25(30)23(19)12-21;/h5-8,14-15H,9-10,13H2,1-4H3;/q-2;+2. The molecule has 2 aliphatic heterocycles. The smallest absolute Gasteiger partial charge is 0.497 e. The first-order valence-corrected chi connectivity index (χ1v) is 10.8. The van der Waals surface area contributed by atoms with Crippen molar-refractivity contribution in [2.45, 2.75) is 52.6 Å². The monoisotopic (exact) mass is 603 g/mol. The second-order valence-electron chi connectivity index (χ2n) is 9.26. The van der Waals surface area contributed by atoms with Gasteiger partial charge in [0.25, 0.3) is 0 Å². The summed E-state index contributed by atoms with van der Waals surface area (Å²) in [6.45, 7) is 9.52. The van der Waals surface area contributed by atoms with Crippen LogP contribution in [-0.4, -0.2) is 19.1 Å². The molecule has 5 nitrogen and oxygen atoms in total. The van der Waals surface area contributed by atoms with Crippen LogP contribution in [0.25, 0.3) is 22.8 Å². The first kappa shape index (κ1) is 21.2. The maximum absolute atomic E-state index is 6.22. The second-order valence-corrected chi connectivity index (χ2v) is 9.26. The fraction of sp³-hybridized carbons (Fsp3) is 0.308. The molecule has 0 unspecified atom stereocenters. The Kier molecular flexibility index (Phi) is 4.94. The molecule has 0 atom stereocenters. The van der Waals surface area contributed by atoms with E-state index in [9.17, 15) is 0 Å². The first-order chi connectivity index (χ1) is 14.9. The van der Waals surface area contributed by atoms with Crippen molar-refractivity contribution in [2.24, 2.45) is 0 Å². The van der Waals surface area contributed by atoms with Crippen molar-refractivity contribution in [3.63, 3.8) is 0 Å². The van der Waals surface area contributed by atoms with Crippen LogP contribution in [0.5, 0.6) is 11.5 Å². The summed E-state index contributed by atoms with van der Waals surface area (Å²) in [6, 6.07) is 15.2. The summed E-state index contributed by atoms with van der Waals surface area (Å²) in [4.78, 5) is 9.48. The molecule has 0 amide bonds. The number of ether oxygens (including phenoxy) is 1. The van der Waals surface area contributed by atoms with E-state index in [1.165, 1.54) is 11.1 Å². The van der Waals surface area contributed by atoms with Crippen LogP contribution in [-0.2, 0) is 46.0 Å². The van der Waals surface area contributed by atoms with E-state index in [1.807, 2.05) is 26.0 Å². The van der Waals surface area contributed by atoms with E-state index >= 15 is 0 Å². The van der Waals surface area contributed by atoms with Crippen LogP contribution in [0.4, 0.5) is 0 Å². The van der Waals surface area contributed by atoms with Gasteiger partial charge < -0.3 is 13.9 Å². The summed E-state index contributed by atoms with van der Waals surface area (Å²) in [5.74, 6) is 3.29. The SMILES string of the molecule is Cc1cn2c(n1)-c1[c-]c(Oc3[c-]c4c(cc3)CC(C)(C)n3cc(C)nc3-4)ccc1CC2.[Pt+2]. The zero-order valence-electron chi connectivity index (χ0n) is 18.6. The first-order valence-electron chi connectivity index (χ1n) is 10.8. The maximum Gasteiger partial charge on any atom is 2.00 e. The molecule has 6 heteroatoms. The van der Waals surface area contributed by atoms with Gasteiger partial charge in [-0.15, -0.1) is 46.5 Å².